The maximum atomic E-state index is 11.9. The van der Waals surface area contributed by atoms with Gasteiger partial charge in [-0.15, -0.1) is 0 Å². The molecule has 1 N–H and O–H groups in total. The molecule has 0 aliphatic heterocycles. The zero-order chi connectivity index (χ0) is 12.3. The van der Waals surface area contributed by atoms with Gasteiger partial charge in [-0.05, 0) is 25.7 Å². The topological polar surface area (TPSA) is 37.8 Å². The fourth-order valence-corrected chi connectivity index (χ4v) is 2.01. The Morgan fingerprint density at radius 2 is 2.06 bits per heavy atom. The summed E-state index contributed by atoms with van der Waals surface area (Å²) in [5.74, 6) is 0.703. The lowest BCUT2D eigenvalue weighted by Crippen LogP contribution is -2.12. The Labute approximate surface area is 97.5 Å². The molecule has 1 aliphatic carbocycles. The first-order chi connectivity index (χ1) is 8.06. The molecule has 94 valence electrons. The summed E-state index contributed by atoms with van der Waals surface area (Å²) in [5, 5.41) is 2.97. The summed E-state index contributed by atoms with van der Waals surface area (Å²) in [4.78, 5) is 8.24. The van der Waals surface area contributed by atoms with Crippen LogP contribution in [0.3, 0.4) is 0 Å². The number of halogens is 3. The lowest BCUT2D eigenvalue weighted by atomic mass is 10.2. The van der Waals surface area contributed by atoms with E-state index in [1.807, 2.05) is 0 Å². The Kier molecular flexibility index (Phi) is 3.49. The Bertz CT molecular complexity index is 390. The molecule has 1 aromatic heterocycles. The molecule has 1 heterocycles. The van der Waals surface area contributed by atoms with Crippen LogP contribution in [0.1, 0.15) is 30.5 Å². The summed E-state index contributed by atoms with van der Waals surface area (Å²) in [5.41, 5.74) is 2.10. The van der Waals surface area contributed by atoms with Gasteiger partial charge < -0.3 is 5.32 Å². The third-order valence-electron chi connectivity index (χ3n) is 2.80. The Hall–Kier alpha value is -1.33. The van der Waals surface area contributed by atoms with Crippen LogP contribution < -0.4 is 5.32 Å². The molecule has 2 rings (SSSR count). The molecular formula is C11H14F3N3. The first kappa shape index (κ1) is 12.1. The van der Waals surface area contributed by atoms with E-state index in [-0.39, 0.29) is 6.42 Å². The average Bonchev–Trinajstić information content (AvgIpc) is 2.71. The van der Waals surface area contributed by atoms with Crippen molar-refractivity contribution in [1.82, 2.24) is 9.97 Å². The van der Waals surface area contributed by atoms with Crippen LogP contribution in [0.25, 0.3) is 0 Å². The Morgan fingerprint density at radius 3 is 2.82 bits per heavy atom. The van der Waals surface area contributed by atoms with Crippen LogP contribution in [0, 0.1) is 0 Å². The highest BCUT2D eigenvalue weighted by Gasteiger charge is 2.26. The van der Waals surface area contributed by atoms with Crippen molar-refractivity contribution < 1.29 is 13.2 Å². The molecule has 0 saturated carbocycles. The first-order valence-electron chi connectivity index (χ1n) is 5.69. The molecule has 0 spiro atoms. The standard InChI is InChI=1S/C11H14F3N3/c12-11(13,14)5-2-6-15-10-8-3-1-4-9(8)16-7-17-10/h7H,1-6H2,(H,15,16,17). The van der Waals surface area contributed by atoms with Gasteiger partial charge in [0.2, 0.25) is 0 Å². The number of aromatic nitrogens is 2. The third-order valence-corrected chi connectivity index (χ3v) is 2.80. The fourth-order valence-electron chi connectivity index (χ4n) is 2.01. The fraction of sp³-hybridized carbons (Fsp3) is 0.636. The van der Waals surface area contributed by atoms with Gasteiger partial charge in [-0.25, -0.2) is 9.97 Å². The average molecular weight is 245 g/mol. The van der Waals surface area contributed by atoms with Crippen LogP contribution in [0.4, 0.5) is 19.0 Å². The molecule has 0 saturated heterocycles. The highest BCUT2D eigenvalue weighted by molar-refractivity contribution is 5.47. The first-order valence-corrected chi connectivity index (χ1v) is 5.69. The number of hydrogen-bond acceptors (Lipinski definition) is 3. The van der Waals surface area contributed by atoms with Crippen molar-refractivity contribution in [2.24, 2.45) is 0 Å². The maximum Gasteiger partial charge on any atom is 0.389 e. The SMILES string of the molecule is FC(F)(F)CCCNc1ncnc2c1CCC2. The number of rotatable bonds is 4. The van der Waals surface area contributed by atoms with E-state index in [4.69, 9.17) is 0 Å². The minimum absolute atomic E-state index is 0.0717. The molecule has 0 bridgehead atoms. The van der Waals surface area contributed by atoms with E-state index in [2.05, 4.69) is 15.3 Å². The molecule has 0 radical (unpaired) electrons. The molecule has 3 nitrogen and oxygen atoms in total. The normalized spacial score (nSPS) is 14.8. The number of nitrogens with one attached hydrogen (secondary N) is 1. The van der Waals surface area contributed by atoms with Crippen LogP contribution in [0.2, 0.25) is 0 Å². The third kappa shape index (κ3) is 3.31. The van der Waals surface area contributed by atoms with Crippen molar-refractivity contribution in [2.45, 2.75) is 38.3 Å². The van der Waals surface area contributed by atoms with E-state index in [1.165, 1.54) is 6.33 Å². The van der Waals surface area contributed by atoms with E-state index in [0.717, 1.165) is 30.5 Å². The minimum atomic E-state index is -4.07. The predicted molar refractivity (Wildman–Crippen MR) is 57.8 cm³/mol. The van der Waals surface area contributed by atoms with Crippen LogP contribution in [-0.4, -0.2) is 22.7 Å². The van der Waals surface area contributed by atoms with Crippen LogP contribution in [0.5, 0.6) is 0 Å². The van der Waals surface area contributed by atoms with Gasteiger partial charge in [-0.3, -0.25) is 0 Å². The van der Waals surface area contributed by atoms with Gasteiger partial charge in [-0.2, -0.15) is 13.2 Å². The summed E-state index contributed by atoms with van der Waals surface area (Å²) in [6, 6.07) is 0. The molecule has 6 heteroatoms. The monoisotopic (exact) mass is 245 g/mol. The Morgan fingerprint density at radius 1 is 1.24 bits per heavy atom. The molecule has 0 fully saturated rings. The van der Waals surface area contributed by atoms with Gasteiger partial charge in [0.25, 0.3) is 0 Å². The predicted octanol–water partition coefficient (Wildman–Crippen LogP) is 2.72. The van der Waals surface area contributed by atoms with Gasteiger partial charge in [0.05, 0.1) is 0 Å². The number of hydrogen-bond donors (Lipinski definition) is 1. The second-order valence-electron chi connectivity index (χ2n) is 4.15. The van der Waals surface area contributed by atoms with E-state index in [1.54, 1.807) is 0 Å². The van der Waals surface area contributed by atoms with Crippen LogP contribution in [-0.2, 0) is 12.8 Å². The summed E-state index contributed by atoms with van der Waals surface area (Å²) < 4.78 is 35.8. The molecule has 1 aromatic rings. The van der Waals surface area contributed by atoms with Crippen molar-refractivity contribution in [3.63, 3.8) is 0 Å². The molecule has 0 amide bonds. The lowest BCUT2D eigenvalue weighted by Gasteiger charge is -2.10. The van der Waals surface area contributed by atoms with Crippen LogP contribution in [0.15, 0.2) is 6.33 Å². The molecular weight excluding hydrogens is 231 g/mol. The van der Waals surface area contributed by atoms with E-state index in [0.29, 0.717) is 12.4 Å². The summed E-state index contributed by atoms with van der Waals surface area (Å²) in [6.45, 7) is 0.295. The zero-order valence-corrected chi connectivity index (χ0v) is 9.35. The summed E-state index contributed by atoms with van der Waals surface area (Å²) in [6.07, 6.45) is -0.390. The number of anilines is 1. The van der Waals surface area contributed by atoms with Crippen molar-refractivity contribution in [3.8, 4) is 0 Å². The molecule has 0 aromatic carbocycles. The minimum Gasteiger partial charge on any atom is -0.370 e. The van der Waals surface area contributed by atoms with Crippen LogP contribution >= 0.6 is 0 Å². The van der Waals surface area contributed by atoms with E-state index < -0.39 is 12.6 Å². The number of fused-ring (bicyclic) bond motifs is 1. The largest absolute Gasteiger partial charge is 0.389 e. The smallest absolute Gasteiger partial charge is 0.370 e. The molecule has 0 unspecified atom stereocenters. The van der Waals surface area contributed by atoms with Crippen molar-refractivity contribution in [1.29, 1.82) is 0 Å². The summed E-state index contributed by atoms with van der Waals surface area (Å²) in [7, 11) is 0. The van der Waals surface area contributed by atoms with Gasteiger partial charge in [0.1, 0.15) is 12.1 Å². The van der Waals surface area contributed by atoms with Crippen molar-refractivity contribution in [2.75, 3.05) is 11.9 Å². The highest BCUT2D eigenvalue weighted by atomic mass is 19.4. The number of nitrogens with zero attached hydrogens (tertiary/aromatic N) is 2. The zero-order valence-electron chi connectivity index (χ0n) is 9.35. The Balaban J connectivity index is 1.86. The van der Waals surface area contributed by atoms with Crippen molar-refractivity contribution in [3.05, 3.63) is 17.6 Å². The molecule has 1 aliphatic rings. The highest BCUT2D eigenvalue weighted by Crippen LogP contribution is 2.25. The van der Waals surface area contributed by atoms with Gasteiger partial charge in [-0.1, -0.05) is 0 Å². The summed E-state index contributed by atoms with van der Waals surface area (Å²) >= 11 is 0. The van der Waals surface area contributed by atoms with Gasteiger partial charge in [0, 0.05) is 24.2 Å². The quantitative estimate of drug-likeness (QED) is 0.829. The number of alkyl halides is 3. The van der Waals surface area contributed by atoms with E-state index >= 15 is 0 Å². The second-order valence-corrected chi connectivity index (χ2v) is 4.15. The second kappa shape index (κ2) is 4.89. The van der Waals surface area contributed by atoms with E-state index in [9.17, 15) is 13.2 Å². The van der Waals surface area contributed by atoms with Crippen molar-refractivity contribution >= 4 is 5.82 Å². The maximum absolute atomic E-state index is 11.9. The lowest BCUT2D eigenvalue weighted by molar-refractivity contribution is -0.134. The van der Waals surface area contributed by atoms with Gasteiger partial charge in [0.15, 0.2) is 0 Å². The molecule has 17 heavy (non-hydrogen) atoms. The molecule has 0 atom stereocenters. The number of aryl methyl sites for hydroxylation is 1. The van der Waals surface area contributed by atoms with Gasteiger partial charge >= 0.3 is 6.18 Å².